The molecule has 0 radical (unpaired) electrons. The Morgan fingerprint density at radius 3 is 2.55 bits per heavy atom. The lowest BCUT2D eigenvalue weighted by Crippen LogP contribution is -2.08. The van der Waals surface area contributed by atoms with Gasteiger partial charge in [-0.05, 0) is 32.0 Å². The maximum Gasteiger partial charge on any atom is 0.133 e. The third-order valence-corrected chi connectivity index (χ3v) is 3.04. The molecular weight excluding hydrogens is 260 g/mol. The molecule has 2 aromatic rings. The minimum absolute atomic E-state index is 0.166. The van der Waals surface area contributed by atoms with E-state index in [1.165, 1.54) is 6.07 Å². The number of nitrogens with one attached hydrogen (secondary N) is 1. The second kappa shape index (κ2) is 5.94. The number of hydrogen-bond acceptors (Lipinski definition) is 3. The van der Waals surface area contributed by atoms with E-state index >= 15 is 0 Å². The lowest BCUT2D eigenvalue weighted by Gasteiger charge is -2.13. The van der Waals surface area contributed by atoms with Gasteiger partial charge >= 0.3 is 0 Å². The van der Waals surface area contributed by atoms with Crippen LogP contribution in [0.4, 0.5) is 14.6 Å². The van der Waals surface area contributed by atoms with Gasteiger partial charge in [0.25, 0.3) is 0 Å². The summed E-state index contributed by atoms with van der Waals surface area (Å²) in [4.78, 5) is 8.73. The van der Waals surface area contributed by atoms with Crippen molar-refractivity contribution >= 4 is 5.82 Å². The second-order valence-electron chi connectivity index (χ2n) is 4.47. The van der Waals surface area contributed by atoms with Gasteiger partial charge in [0.2, 0.25) is 0 Å². The first-order chi connectivity index (χ1) is 9.56. The lowest BCUT2D eigenvalue weighted by atomic mass is 10.1. The van der Waals surface area contributed by atoms with Crippen LogP contribution in [0.5, 0.6) is 0 Å². The first kappa shape index (κ1) is 14.4. The SMILES string of the molecule is CCNc1nc(CC)nc(-c2cc(F)ccc2F)c1C. The molecule has 5 heteroatoms. The molecule has 3 nitrogen and oxygen atoms in total. The highest BCUT2D eigenvalue weighted by Gasteiger charge is 2.15. The van der Waals surface area contributed by atoms with E-state index in [0.717, 1.165) is 12.1 Å². The number of benzene rings is 1. The highest BCUT2D eigenvalue weighted by atomic mass is 19.1. The third-order valence-electron chi connectivity index (χ3n) is 3.04. The number of halogens is 2. The van der Waals surface area contributed by atoms with Gasteiger partial charge in [0.15, 0.2) is 0 Å². The van der Waals surface area contributed by atoms with Crippen LogP contribution in [0.2, 0.25) is 0 Å². The number of aromatic nitrogens is 2. The van der Waals surface area contributed by atoms with Crippen molar-refractivity contribution in [1.82, 2.24) is 9.97 Å². The fourth-order valence-electron chi connectivity index (χ4n) is 2.00. The quantitative estimate of drug-likeness (QED) is 0.925. The zero-order valence-electron chi connectivity index (χ0n) is 11.8. The highest BCUT2D eigenvalue weighted by molar-refractivity contribution is 5.68. The number of rotatable bonds is 4. The predicted octanol–water partition coefficient (Wildman–Crippen LogP) is 3.72. The molecule has 106 valence electrons. The van der Waals surface area contributed by atoms with Crippen LogP contribution in [0.25, 0.3) is 11.3 Å². The van der Waals surface area contributed by atoms with Crippen LogP contribution < -0.4 is 5.32 Å². The summed E-state index contributed by atoms with van der Waals surface area (Å²) in [5.74, 6) is 0.295. The summed E-state index contributed by atoms with van der Waals surface area (Å²) in [5, 5.41) is 3.13. The smallest absolute Gasteiger partial charge is 0.133 e. The largest absolute Gasteiger partial charge is 0.370 e. The van der Waals surface area contributed by atoms with Crippen molar-refractivity contribution in [3.05, 3.63) is 41.2 Å². The van der Waals surface area contributed by atoms with Gasteiger partial charge in [-0.25, -0.2) is 18.7 Å². The third kappa shape index (κ3) is 2.76. The van der Waals surface area contributed by atoms with Gasteiger partial charge in [0, 0.05) is 24.1 Å². The summed E-state index contributed by atoms with van der Waals surface area (Å²) in [7, 11) is 0. The molecule has 0 aliphatic carbocycles. The molecule has 0 aliphatic rings. The van der Waals surface area contributed by atoms with Gasteiger partial charge in [0.1, 0.15) is 23.3 Å². The summed E-state index contributed by atoms with van der Waals surface area (Å²) < 4.78 is 27.3. The van der Waals surface area contributed by atoms with Crippen molar-refractivity contribution in [3.8, 4) is 11.3 Å². The van der Waals surface area contributed by atoms with Gasteiger partial charge in [-0.1, -0.05) is 6.92 Å². The van der Waals surface area contributed by atoms with Crippen molar-refractivity contribution in [1.29, 1.82) is 0 Å². The number of hydrogen-bond donors (Lipinski definition) is 1. The molecule has 1 aromatic heterocycles. The molecule has 0 spiro atoms. The maximum atomic E-state index is 13.9. The lowest BCUT2D eigenvalue weighted by molar-refractivity contribution is 0.602. The zero-order chi connectivity index (χ0) is 14.7. The van der Waals surface area contributed by atoms with Gasteiger partial charge in [-0.3, -0.25) is 0 Å². The summed E-state index contributed by atoms with van der Waals surface area (Å²) in [6, 6.07) is 3.38. The summed E-state index contributed by atoms with van der Waals surface area (Å²) in [6.45, 7) is 6.38. The summed E-state index contributed by atoms with van der Waals surface area (Å²) in [5.41, 5.74) is 1.32. The molecule has 0 amide bonds. The molecule has 1 aromatic carbocycles. The minimum Gasteiger partial charge on any atom is -0.370 e. The van der Waals surface area contributed by atoms with Gasteiger partial charge in [-0.2, -0.15) is 0 Å². The number of anilines is 1. The average Bonchev–Trinajstić information content (AvgIpc) is 2.44. The van der Waals surface area contributed by atoms with Crippen LogP contribution in [0.3, 0.4) is 0 Å². The van der Waals surface area contributed by atoms with Gasteiger partial charge < -0.3 is 5.32 Å². The molecule has 0 saturated carbocycles. The van der Waals surface area contributed by atoms with Gasteiger partial charge in [0.05, 0.1) is 5.69 Å². The van der Waals surface area contributed by atoms with E-state index in [1.807, 2.05) is 13.8 Å². The molecule has 0 bridgehead atoms. The van der Waals surface area contributed by atoms with E-state index in [0.29, 0.717) is 35.9 Å². The molecule has 0 atom stereocenters. The Balaban J connectivity index is 2.65. The Morgan fingerprint density at radius 1 is 1.15 bits per heavy atom. The van der Waals surface area contributed by atoms with Crippen LogP contribution in [0, 0.1) is 18.6 Å². The zero-order valence-corrected chi connectivity index (χ0v) is 11.8. The van der Waals surface area contributed by atoms with Crippen molar-refractivity contribution < 1.29 is 8.78 Å². The van der Waals surface area contributed by atoms with Crippen LogP contribution >= 0.6 is 0 Å². The fourth-order valence-corrected chi connectivity index (χ4v) is 2.00. The Labute approximate surface area is 117 Å². The van der Waals surface area contributed by atoms with Crippen LogP contribution in [-0.2, 0) is 6.42 Å². The van der Waals surface area contributed by atoms with E-state index in [9.17, 15) is 8.78 Å². The highest BCUT2D eigenvalue weighted by Crippen LogP contribution is 2.28. The number of nitrogens with zero attached hydrogens (tertiary/aromatic N) is 2. The van der Waals surface area contributed by atoms with E-state index < -0.39 is 11.6 Å². The topological polar surface area (TPSA) is 37.8 Å². The Bertz CT molecular complexity index is 627. The Kier molecular flexibility index (Phi) is 4.27. The maximum absolute atomic E-state index is 13.9. The van der Waals surface area contributed by atoms with Crippen LogP contribution in [0.1, 0.15) is 25.2 Å². The van der Waals surface area contributed by atoms with E-state index in [4.69, 9.17) is 0 Å². The van der Waals surface area contributed by atoms with Crippen LogP contribution in [-0.4, -0.2) is 16.5 Å². The van der Waals surface area contributed by atoms with Crippen molar-refractivity contribution in [2.75, 3.05) is 11.9 Å². The minimum atomic E-state index is -0.488. The van der Waals surface area contributed by atoms with E-state index in [1.54, 1.807) is 6.92 Å². The predicted molar refractivity (Wildman–Crippen MR) is 75.7 cm³/mol. The van der Waals surface area contributed by atoms with Crippen LogP contribution in [0.15, 0.2) is 18.2 Å². The van der Waals surface area contributed by atoms with Crippen molar-refractivity contribution in [2.24, 2.45) is 0 Å². The first-order valence-electron chi connectivity index (χ1n) is 6.63. The summed E-state index contributed by atoms with van der Waals surface area (Å²) in [6.07, 6.45) is 0.628. The van der Waals surface area contributed by atoms with Crippen molar-refractivity contribution in [3.63, 3.8) is 0 Å². The standard InChI is InChI=1S/C15H17F2N3/c1-4-13-19-14(9(3)15(20-13)18-5-2)11-8-10(16)6-7-12(11)17/h6-8H,4-5H2,1-3H3,(H,18,19,20). The fraction of sp³-hybridized carbons (Fsp3) is 0.333. The molecule has 0 saturated heterocycles. The Morgan fingerprint density at radius 2 is 1.90 bits per heavy atom. The molecule has 0 aliphatic heterocycles. The molecule has 1 N–H and O–H groups in total. The Hall–Kier alpha value is -2.04. The molecule has 0 unspecified atom stereocenters. The molecule has 2 rings (SSSR count). The molecule has 1 heterocycles. The second-order valence-corrected chi connectivity index (χ2v) is 4.47. The molecule has 20 heavy (non-hydrogen) atoms. The van der Waals surface area contributed by atoms with E-state index in [2.05, 4.69) is 15.3 Å². The first-order valence-corrected chi connectivity index (χ1v) is 6.63. The monoisotopic (exact) mass is 277 g/mol. The number of aryl methyl sites for hydroxylation is 1. The normalized spacial score (nSPS) is 10.7. The average molecular weight is 277 g/mol. The molecule has 0 fully saturated rings. The van der Waals surface area contributed by atoms with Crippen molar-refractivity contribution in [2.45, 2.75) is 27.2 Å². The molecular formula is C15H17F2N3. The summed E-state index contributed by atoms with van der Waals surface area (Å²) >= 11 is 0. The van der Waals surface area contributed by atoms with E-state index in [-0.39, 0.29) is 5.56 Å². The van der Waals surface area contributed by atoms with Gasteiger partial charge in [-0.15, -0.1) is 0 Å².